The van der Waals surface area contributed by atoms with E-state index in [0.29, 0.717) is 51.1 Å². The molecule has 0 atom stereocenters. The number of benzene rings is 2. The van der Waals surface area contributed by atoms with Crippen molar-refractivity contribution in [2.45, 2.75) is 68.3 Å². The van der Waals surface area contributed by atoms with Crippen LogP contribution in [0, 0.1) is 12.9 Å². The van der Waals surface area contributed by atoms with Gasteiger partial charge in [0.15, 0.2) is 19.7 Å². The van der Waals surface area contributed by atoms with Crippen LogP contribution in [0.2, 0.25) is 5.02 Å². The van der Waals surface area contributed by atoms with E-state index in [2.05, 4.69) is 30.7 Å². The average molecular weight is 1050 g/mol. The molecule has 0 aliphatic heterocycles. The molecule has 73 heavy (non-hydrogen) atoms. The Hall–Kier alpha value is -7.88. The second-order valence-electron chi connectivity index (χ2n) is 17.5. The van der Waals surface area contributed by atoms with Gasteiger partial charge in [0.1, 0.15) is 44.1 Å². The average Bonchev–Trinajstić information content (AvgIpc) is 4.09. The van der Waals surface area contributed by atoms with Crippen molar-refractivity contribution in [3.63, 3.8) is 0 Å². The highest BCUT2D eigenvalue weighted by Crippen LogP contribution is 2.34. The summed E-state index contributed by atoms with van der Waals surface area (Å²) in [6, 6.07) is 25.9. The fraction of sp³-hybridized carbons (Fsp3) is 0.216. The summed E-state index contributed by atoms with van der Waals surface area (Å²) < 4.78 is 79.6. The Morgan fingerprint density at radius 1 is 0.808 bits per heavy atom. The highest BCUT2D eigenvalue weighted by atomic mass is 35.5. The smallest absolute Gasteiger partial charge is 0.274 e. The Morgan fingerprint density at radius 2 is 1.44 bits per heavy atom. The highest BCUT2D eigenvalue weighted by Gasteiger charge is 2.35. The van der Waals surface area contributed by atoms with Gasteiger partial charge in [-0.25, -0.2) is 36.3 Å². The number of para-hydroxylation sites is 2. The van der Waals surface area contributed by atoms with E-state index in [4.69, 9.17) is 26.8 Å². The number of sulfone groups is 2. The summed E-state index contributed by atoms with van der Waals surface area (Å²) in [4.78, 5) is 37.1. The van der Waals surface area contributed by atoms with Gasteiger partial charge in [0, 0.05) is 48.0 Å². The third-order valence-electron chi connectivity index (χ3n) is 11.2. The second kappa shape index (κ2) is 21.5. The van der Waals surface area contributed by atoms with E-state index in [1.807, 2.05) is 55.5 Å². The van der Waals surface area contributed by atoms with Crippen LogP contribution in [0.3, 0.4) is 0 Å². The number of hydrogen-bond donors (Lipinski definition) is 3. The number of ether oxygens (including phenoxy) is 2. The monoisotopic (exact) mass is 1050 g/mol. The fourth-order valence-electron chi connectivity index (χ4n) is 7.21. The van der Waals surface area contributed by atoms with Crippen LogP contribution in [-0.4, -0.2) is 85.7 Å². The Bertz CT molecular complexity index is 3740. The summed E-state index contributed by atoms with van der Waals surface area (Å²) in [7, 11) is -5.90. The Morgan fingerprint density at radius 3 is 2.10 bits per heavy atom. The van der Waals surface area contributed by atoms with Crippen LogP contribution in [0.1, 0.15) is 68.0 Å². The van der Waals surface area contributed by atoms with Crippen LogP contribution in [0.25, 0.3) is 28.1 Å². The van der Waals surface area contributed by atoms with Crippen molar-refractivity contribution in [2.75, 3.05) is 30.1 Å². The van der Waals surface area contributed by atoms with Gasteiger partial charge in [-0.3, -0.25) is 18.4 Å². The van der Waals surface area contributed by atoms with Crippen molar-refractivity contribution in [1.82, 2.24) is 33.4 Å². The molecule has 0 radical (unpaired) electrons. The number of imidazole rings is 2. The fourth-order valence-corrected chi connectivity index (χ4v) is 9.86. The minimum absolute atomic E-state index is 0.0120. The molecule has 380 valence electrons. The van der Waals surface area contributed by atoms with Gasteiger partial charge in [0.25, 0.3) is 11.8 Å². The zero-order chi connectivity index (χ0) is 53.0. The van der Waals surface area contributed by atoms with E-state index in [1.54, 1.807) is 87.1 Å². The van der Waals surface area contributed by atoms with E-state index in [9.17, 15) is 30.8 Å². The lowest BCUT2D eigenvalue weighted by Gasteiger charge is -2.21. The number of amides is 2. The summed E-state index contributed by atoms with van der Waals surface area (Å²) in [5.74, 6) is -0.877. The number of hydrogen-bond acceptors (Lipinski definition) is 13. The first-order valence-electron chi connectivity index (χ1n) is 22.5. The van der Waals surface area contributed by atoms with E-state index in [0.717, 1.165) is 11.1 Å². The molecule has 0 spiro atoms. The first-order chi connectivity index (χ1) is 34.5. The molecule has 22 heteroatoms. The lowest BCUT2D eigenvalue weighted by molar-refractivity contribution is 0.101. The molecule has 7 heterocycles. The van der Waals surface area contributed by atoms with Crippen molar-refractivity contribution in [1.29, 1.82) is 0 Å². The maximum atomic E-state index is 13.6. The molecule has 0 fully saturated rings. The summed E-state index contributed by atoms with van der Waals surface area (Å²) >= 11 is 6.01. The highest BCUT2D eigenvalue weighted by molar-refractivity contribution is 7.93. The normalized spacial score (nSPS) is 11.7. The number of nitrogen functional groups attached to an aromatic ring is 1. The SMILES string of the molecule is CCOc1cc2ncc(-c3cc(N)nc(F)c3)n2cc1S(=O)(=O)C(C)C.COc1cc2ncc(C(=O)Nc3ccccc3C)n2cc1S(=O)(=O)C(C)(C)C.O=C(Nc1ccccc1Cl)c1cnn2ccccc12. The molecule has 4 N–H and O–H groups in total. The number of nitrogens with one attached hydrogen (secondary N) is 2. The number of fused-ring (bicyclic) bond motifs is 3. The minimum atomic E-state index is -3.70. The number of pyridine rings is 4. The van der Waals surface area contributed by atoms with E-state index in [-0.39, 0.29) is 44.6 Å². The maximum Gasteiger partial charge on any atom is 0.274 e. The summed E-state index contributed by atoms with van der Waals surface area (Å²) in [6.45, 7) is 12.0. The third-order valence-corrected chi connectivity index (χ3v) is 16.2. The molecule has 7 aromatic heterocycles. The van der Waals surface area contributed by atoms with Crippen molar-refractivity contribution < 1.29 is 40.3 Å². The third kappa shape index (κ3) is 11.3. The number of rotatable bonds is 11. The molecule has 0 aliphatic rings. The number of methoxy groups -OCH3 is 1. The number of aryl methyl sites for hydroxylation is 1. The van der Waals surface area contributed by atoms with Crippen molar-refractivity contribution >= 4 is 77.1 Å². The number of carbonyl (C=O) groups is 2. The van der Waals surface area contributed by atoms with Crippen LogP contribution in [0.5, 0.6) is 11.5 Å². The van der Waals surface area contributed by atoms with Gasteiger partial charge in [0.05, 0.1) is 69.8 Å². The molecule has 9 aromatic rings. The number of carbonyl (C=O) groups excluding carboxylic acids is 2. The van der Waals surface area contributed by atoms with Crippen molar-refractivity contribution in [3.8, 4) is 22.8 Å². The number of halogens is 2. The van der Waals surface area contributed by atoms with Gasteiger partial charge < -0.3 is 25.8 Å². The quantitative estimate of drug-likeness (QED) is 0.103. The van der Waals surface area contributed by atoms with Crippen LogP contribution >= 0.6 is 11.6 Å². The first-order valence-corrected chi connectivity index (χ1v) is 25.9. The van der Waals surface area contributed by atoms with Crippen LogP contribution < -0.4 is 25.8 Å². The molecule has 0 saturated heterocycles. The second-order valence-corrected chi connectivity index (χ2v) is 23.0. The minimum Gasteiger partial charge on any atom is -0.495 e. The number of anilines is 3. The standard InChI is InChI=1S/C20H23N3O4S.C17H19FN4O3S.C14H10ClN3O/c1-13-8-6-7-9-14(13)22-19(24)15-11-21-18-10-16(27-5)17(12-23(15)18)28(25,26)20(2,3)4;1-4-25-13-7-17-20-8-12(11-5-15(18)21-16(19)6-11)22(17)9-14(13)26(23,24)10(2)3;15-11-5-1-2-6-12(11)17-14(19)10-9-16-18-8-4-3-7-13(10)18/h6-12H,1-5H3,(H,22,24);5-10H,4H2,1-3H3,(H2,19,21);1-9H,(H,17,19). The first kappa shape index (κ1) is 52.9. The predicted octanol–water partition coefficient (Wildman–Crippen LogP) is 9.41. The molecule has 2 aromatic carbocycles. The predicted molar refractivity (Wildman–Crippen MR) is 279 cm³/mol. The number of aromatic nitrogens is 7. The summed E-state index contributed by atoms with van der Waals surface area (Å²) in [6.07, 6.45) is 9.12. The van der Waals surface area contributed by atoms with Gasteiger partial charge in [0.2, 0.25) is 5.95 Å². The zero-order valence-electron chi connectivity index (χ0n) is 41.0. The molecule has 9 rings (SSSR count). The molecule has 0 bridgehead atoms. The largest absolute Gasteiger partial charge is 0.495 e. The van der Waals surface area contributed by atoms with Gasteiger partial charge in [-0.05, 0) is 90.4 Å². The van der Waals surface area contributed by atoms with Crippen LogP contribution in [-0.2, 0) is 19.7 Å². The topological polar surface area (TPSA) is 236 Å². The maximum absolute atomic E-state index is 13.6. The van der Waals surface area contributed by atoms with Crippen molar-refractivity contribution in [2.24, 2.45) is 0 Å². The van der Waals surface area contributed by atoms with E-state index < -0.39 is 35.6 Å². The number of nitrogens with two attached hydrogens (primary N) is 1. The van der Waals surface area contributed by atoms with Gasteiger partial charge in [-0.1, -0.05) is 48.0 Å². The number of nitrogens with zero attached hydrogens (tertiary/aromatic N) is 7. The van der Waals surface area contributed by atoms with Crippen LogP contribution in [0.4, 0.5) is 21.6 Å². The Labute approximate surface area is 425 Å². The summed E-state index contributed by atoms with van der Waals surface area (Å²) in [5, 5.41) is 9.63. The van der Waals surface area contributed by atoms with E-state index >= 15 is 0 Å². The molecule has 18 nitrogen and oxygen atoms in total. The molecule has 0 aliphatic carbocycles. The molecular formula is C51H52ClFN10O8S2. The molecule has 0 unspecified atom stereocenters. The molecule has 0 saturated carbocycles. The lowest BCUT2D eigenvalue weighted by Crippen LogP contribution is -2.28. The Kier molecular flexibility index (Phi) is 15.6. The molecule has 2 amide bonds. The lowest BCUT2D eigenvalue weighted by atomic mass is 10.2. The zero-order valence-corrected chi connectivity index (χ0v) is 43.3. The van der Waals surface area contributed by atoms with Crippen molar-refractivity contribution in [3.05, 3.63) is 156 Å². The van der Waals surface area contributed by atoms with E-state index in [1.165, 1.54) is 54.5 Å². The Balaban J connectivity index is 0.000000163. The van der Waals surface area contributed by atoms with Gasteiger partial charge in [-0.15, -0.1) is 0 Å². The van der Waals surface area contributed by atoms with Gasteiger partial charge >= 0.3 is 0 Å². The molecular weight excluding hydrogens is 999 g/mol. The summed E-state index contributed by atoms with van der Waals surface area (Å²) in [5.41, 5.74) is 11.1. The van der Waals surface area contributed by atoms with Crippen LogP contribution in [0.15, 0.2) is 138 Å². The van der Waals surface area contributed by atoms with Gasteiger partial charge in [-0.2, -0.15) is 9.49 Å².